The lowest BCUT2D eigenvalue weighted by molar-refractivity contribution is -0.380. The second kappa shape index (κ2) is 13.3. The molecule has 0 atom stereocenters. The molecule has 0 spiro atoms. The summed E-state index contributed by atoms with van der Waals surface area (Å²) < 4.78 is 11.1. The molecule has 0 radical (unpaired) electrons. The Kier molecular flexibility index (Phi) is 10.4. The molecule has 0 saturated carbocycles. The van der Waals surface area contributed by atoms with Crippen LogP contribution in [0.1, 0.15) is 50.3 Å². The molecule has 1 aromatic carbocycles. The number of ether oxygens (including phenoxy) is 2. The Labute approximate surface area is 180 Å². The summed E-state index contributed by atoms with van der Waals surface area (Å²) in [7, 11) is 0. The Morgan fingerprint density at radius 3 is 2.40 bits per heavy atom. The Hall–Kier alpha value is -2.94. The number of hydrogen-bond donors (Lipinski definition) is 1. The molecule has 0 fully saturated rings. The molecular formula is C21H27N3O5S. The second-order valence-corrected chi connectivity index (χ2v) is 7.70. The van der Waals surface area contributed by atoms with Gasteiger partial charge in [-0.25, -0.2) is 5.43 Å². The van der Waals surface area contributed by atoms with Gasteiger partial charge in [0.05, 0.1) is 22.6 Å². The fourth-order valence-corrected chi connectivity index (χ4v) is 3.26. The first-order valence-electron chi connectivity index (χ1n) is 10.00. The summed E-state index contributed by atoms with van der Waals surface area (Å²) in [6.07, 6.45) is 8.67. The lowest BCUT2D eigenvalue weighted by Gasteiger charge is -2.08. The largest absolute Gasteiger partial charge is 0.494 e. The molecular weight excluding hydrogens is 406 g/mol. The number of rotatable bonds is 14. The fraction of sp³-hybridized carbons (Fsp3) is 0.429. The van der Waals surface area contributed by atoms with E-state index >= 15 is 0 Å². The minimum Gasteiger partial charge on any atom is -0.494 e. The predicted molar refractivity (Wildman–Crippen MR) is 118 cm³/mol. The van der Waals surface area contributed by atoms with Crippen LogP contribution >= 0.6 is 11.3 Å². The van der Waals surface area contributed by atoms with E-state index in [-0.39, 0.29) is 11.6 Å². The molecule has 0 aliphatic heterocycles. The third-order valence-electron chi connectivity index (χ3n) is 4.13. The molecule has 1 aromatic heterocycles. The van der Waals surface area contributed by atoms with E-state index in [0.717, 1.165) is 23.5 Å². The van der Waals surface area contributed by atoms with Gasteiger partial charge in [0, 0.05) is 6.07 Å². The number of nitrogens with zero attached hydrogens (tertiary/aromatic N) is 2. The maximum Gasteiger partial charge on any atom is 0.324 e. The van der Waals surface area contributed by atoms with Gasteiger partial charge in [-0.1, -0.05) is 50.4 Å². The average Bonchev–Trinajstić information content (AvgIpc) is 3.22. The van der Waals surface area contributed by atoms with Gasteiger partial charge in [-0.2, -0.15) is 5.10 Å². The first kappa shape index (κ1) is 23.3. The Morgan fingerprint density at radius 1 is 1.07 bits per heavy atom. The highest BCUT2D eigenvalue weighted by atomic mass is 32.1. The van der Waals surface area contributed by atoms with E-state index in [9.17, 15) is 14.9 Å². The van der Waals surface area contributed by atoms with Gasteiger partial charge in [0.15, 0.2) is 6.61 Å². The van der Waals surface area contributed by atoms with Crippen LogP contribution in [0, 0.1) is 10.1 Å². The lowest BCUT2D eigenvalue weighted by Crippen LogP contribution is -2.24. The molecule has 0 aliphatic rings. The normalized spacial score (nSPS) is 10.8. The van der Waals surface area contributed by atoms with Gasteiger partial charge in [-0.3, -0.25) is 14.9 Å². The summed E-state index contributed by atoms with van der Waals surface area (Å²) in [6.45, 7) is 2.71. The number of unbranched alkanes of at least 4 members (excludes halogenated alkanes) is 5. The van der Waals surface area contributed by atoms with Gasteiger partial charge in [-0.05, 0) is 36.8 Å². The number of nitrogens with one attached hydrogen (secondary N) is 1. The molecule has 9 heteroatoms. The van der Waals surface area contributed by atoms with Crippen molar-refractivity contribution in [2.75, 3.05) is 13.2 Å². The summed E-state index contributed by atoms with van der Waals surface area (Å²) in [5.74, 6) is 0.894. The molecule has 2 aromatic rings. The van der Waals surface area contributed by atoms with E-state index in [1.54, 1.807) is 18.2 Å². The summed E-state index contributed by atoms with van der Waals surface area (Å²) >= 11 is 0.972. The van der Waals surface area contributed by atoms with Crippen LogP contribution < -0.4 is 14.9 Å². The molecule has 8 nitrogen and oxygen atoms in total. The number of benzene rings is 1. The van der Waals surface area contributed by atoms with Crippen LogP contribution in [0.2, 0.25) is 0 Å². The highest BCUT2D eigenvalue weighted by Crippen LogP contribution is 2.22. The highest BCUT2D eigenvalue weighted by molar-refractivity contribution is 7.16. The SMILES string of the molecule is CCCCCCCCOc1ccc(OCC(=O)N/N=C/c2ccc([N+](=O)[O-])s2)cc1. The van der Waals surface area contributed by atoms with Gasteiger partial charge in [0.25, 0.3) is 5.91 Å². The molecule has 1 N–H and O–H groups in total. The zero-order valence-corrected chi connectivity index (χ0v) is 17.9. The number of hydrogen-bond acceptors (Lipinski definition) is 7. The van der Waals surface area contributed by atoms with Crippen molar-refractivity contribution >= 4 is 28.5 Å². The van der Waals surface area contributed by atoms with Gasteiger partial charge in [-0.15, -0.1) is 0 Å². The minimum absolute atomic E-state index is 0.0190. The van der Waals surface area contributed by atoms with Gasteiger partial charge in [0.1, 0.15) is 11.5 Å². The third kappa shape index (κ3) is 9.04. The van der Waals surface area contributed by atoms with E-state index < -0.39 is 10.8 Å². The van der Waals surface area contributed by atoms with Crippen molar-refractivity contribution in [2.45, 2.75) is 45.4 Å². The molecule has 1 heterocycles. The smallest absolute Gasteiger partial charge is 0.324 e. The predicted octanol–water partition coefficient (Wildman–Crippen LogP) is 4.92. The lowest BCUT2D eigenvalue weighted by atomic mass is 10.1. The monoisotopic (exact) mass is 433 g/mol. The molecule has 0 bridgehead atoms. The maximum absolute atomic E-state index is 11.8. The van der Waals surface area contributed by atoms with Crippen molar-refractivity contribution in [3.8, 4) is 11.5 Å². The van der Waals surface area contributed by atoms with Crippen molar-refractivity contribution in [3.63, 3.8) is 0 Å². The van der Waals surface area contributed by atoms with E-state index in [1.165, 1.54) is 44.4 Å². The molecule has 0 unspecified atom stereocenters. The van der Waals surface area contributed by atoms with Crippen molar-refractivity contribution in [3.05, 3.63) is 51.4 Å². The van der Waals surface area contributed by atoms with Crippen LogP contribution in [-0.2, 0) is 4.79 Å². The van der Waals surface area contributed by atoms with Crippen molar-refractivity contribution in [1.82, 2.24) is 5.43 Å². The zero-order chi connectivity index (χ0) is 21.6. The molecule has 30 heavy (non-hydrogen) atoms. The van der Waals surface area contributed by atoms with E-state index in [2.05, 4.69) is 17.5 Å². The van der Waals surface area contributed by atoms with E-state index in [4.69, 9.17) is 9.47 Å². The summed E-state index contributed by atoms with van der Waals surface area (Å²) in [5, 5.41) is 14.4. The van der Waals surface area contributed by atoms with Crippen LogP contribution in [-0.4, -0.2) is 30.3 Å². The summed E-state index contributed by atoms with van der Waals surface area (Å²) in [5.41, 5.74) is 2.32. The quantitative estimate of drug-likeness (QED) is 0.197. The van der Waals surface area contributed by atoms with E-state index in [1.807, 2.05) is 12.1 Å². The number of amides is 1. The topological polar surface area (TPSA) is 103 Å². The molecule has 0 saturated heterocycles. The maximum atomic E-state index is 11.8. The van der Waals surface area contributed by atoms with Crippen molar-refractivity contribution in [2.24, 2.45) is 5.10 Å². The Bertz CT molecular complexity index is 820. The molecule has 1 amide bonds. The second-order valence-electron chi connectivity index (χ2n) is 6.60. The number of carbonyl (C=O) groups is 1. The Balaban J connectivity index is 1.62. The summed E-state index contributed by atoms with van der Waals surface area (Å²) in [6, 6.07) is 10.1. The number of thiophene rings is 1. The molecule has 2 rings (SSSR count). The number of nitro groups is 1. The Morgan fingerprint density at radius 2 is 1.73 bits per heavy atom. The molecule has 162 valence electrons. The zero-order valence-electron chi connectivity index (χ0n) is 17.0. The fourth-order valence-electron chi connectivity index (χ4n) is 2.56. The van der Waals surface area contributed by atoms with Crippen LogP contribution in [0.3, 0.4) is 0 Å². The van der Waals surface area contributed by atoms with Crippen LogP contribution in [0.4, 0.5) is 5.00 Å². The standard InChI is InChI=1S/C21H27N3O5S/c1-2-3-4-5-6-7-14-28-17-8-10-18(11-9-17)29-16-20(25)23-22-15-19-12-13-21(30-19)24(26)27/h8-13,15H,2-7,14,16H2,1H3,(H,23,25)/b22-15+. The average molecular weight is 434 g/mol. The summed E-state index contributed by atoms with van der Waals surface area (Å²) in [4.78, 5) is 22.5. The van der Waals surface area contributed by atoms with Gasteiger partial charge in [0.2, 0.25) is 0 Å². The van der Waals surface area contributed by atoms with Gasteiger partial charge < -0.3 is 9.47 Å². The number of carbonyl (C=O) groups excluding carboxylic acids is 1. The van der Waals surface area contributed by atoms with Crippen molar-refractivity contribution < 1.29 is 19.2 Å². The first-order valence-corrected chi connectivity index (χ1v) is 10.8. The first-order chi connectivity index (χ1) is 14.6. The number of hydrazone groups is 1. The van der Waals surface area contributed by atoms with Crippen LogP contribution in [0.5, 0.6) is 11.5 Å². The third-order valence-corrected chi connectivity index (χ3v) is 5.11. The minimum atomic E-state index is -0.473. The van der Waals surface area contributed by atoms with Gasteiger partial charge >= 0.3 is 5.00 Å². The van der Waals surface area contributed by atoms with Crippen LogP contribution in [0.15, 0.2) is 41.5 Å². The highest BCUT2D eigenvalue weighted by Gasteiger charge is 2.08. The van der Waals surface area contributed by atoms with Crippen molar-refractivity contribution in [1.29, 1.82) is 0 Å². The molecule has 0 aliphatic carbocycles. The van der Waals surface area contributed by atoms with Crippen LogP contribution in [0.25, 0.3) is 0 Å². The van der Waals surface area contributed by atoms with E-state index in [0.29, 0.717) is 17.2 Å².